The zero-order chi connectivity index (χ0) is 11.4. The molecule has 1 aliphatic heterocycles. The minimum atomic E-state index is 0.702. The molecule has 0 unspecified atom stereocenters. The highest BCUT2D eigenvalue weighted by Gasteiger charge is 2.17. The van der Waals surface area contributed by atoms with Gasteiger partial charge in [0.05, 0.1) is 12.3 Å². The van der Waals surface area contributed by atoms with Crippen LogP contribution in [0.15, 0.2) is 24.3 Å². The normalized spacial score (nSPS) is 17.5. The number of rotatable bonds is 3. The predicted molar refractivity (Wildman–Crippen MR) is 65.6 cm³/mol. The van der Waals surface area contributed by atoms with Crippen LogP contribution in [0.4, 0.5) is 5.69 Å². The van der Waals surface area contributed by atoms with Gasteiger partial charge in [0.25, 0.3) is 0 Å². The molecule has 0 bridgehead atoms. The van der Waals surface area contributed by atoms with Gasteiger partial charge in [0.1, 0.15) is 5.75 Å². The van der Waals surface area contributed by atoms with Gasteiger partial charge in [-0.3, -0.25) is 5.84 Å². The van der Waals surface area contributed by atoms with E-state index in [4.69, 9.17) is 10.6 Å². The van der Waals surface area contributed by atoms with Crippen LogP contribution in [0.5, 0.6) is 5.75 Å². The lowest BCUT2D eigenvalue weighted by atomic mass is 10.2. The number of benzene rings is 1. The lowest BCUT2D eigenvalue weighted by molar-refractivity contribution is 0.264. The summed E-state index contributed by atoms with van der Waals surface area (Å²) < 4.78 is 5.63. The van der Waals surface area contributed by atoms with Crippen LogP contribution in [-0.4, -0.2) is 37.8 Å². The van der Waals surface area contributed by atoms with Crippen molar-refractivity contribution >= 4 is 5.69 Å². The molecule has 1 saturated heterocycles. The van der Waals surface area contributed by atoms with Gasteiger partial charge < -0.3 is 9.64 Å². The molecule has 1 aromatic rings. The quantitative estimate of drug-likeness (QED) is 0.776. The van der Waals surface area contributed by atoms with Crippen LogP contribution in [0, 0.1) is 0 Å². The van der Waals surface area contributed by atoms with Crippen molar-refractivity contribution in [2.24, 2.45) is 5.84 Å². The van der Waals surface area contributed by atoms with E-state index in [1.807, 2.05) is 30.1 Å². The largest absolute Gasteiger partial charge is 0.492 e. The fourth-order valence-corrected chi connectivity index (χ4v) is 1.96. The molecule has 0 spiro atoms. The van der Waals surface area contributed by atoms with Crippen molar-refractivity contribution in [2.75, 3.05) is 37.7 Å². The molecule has 0 amide bonds. The molecule has 1 aliphatic rings. The van der Waals surface area contributed by atoms with Gasteiger partial charge in [0.2, 0.25) is 0 Å². The number of ether oxygens (including phenoxy) is 1. The maximum atomic E-state index is 5.75. The molecule has 4 nitrogen and oxygen atoms in total. The van der Waals surface area contributed by atoms with Crippen LogP contribution in [0.1, 0.15) is 6.92 Å². The first-order chi connectivity index (χ1) is 7.81. The Balaban J connectivity index is 2.13. The Labute approximate surface area is 96.6 Å². The highest BCUT2D eigenvalue weighted by atomic mass is 16.5. The van der Waals surface area contributed by atoms with E-state index in [1.165, 1.54) is 5.69 Å². The van der Waals surface area contributed by atoms with E-state index in [0.717, 1.165) is 31.9 Å². The third kappa shape index (κ3) is 2.46. The average Bonchev–Trinajstić information content (AvgIpc) is 2.32. The molecule has 2 rings (SSSR count). The maximum absolute atomic E-state index is 5.75. The molecule has 0 aromatic heterocycles. The third-order valence-corrected chi connectivity index (χ3v) is 2.82. The minimum absolute atomic E-state index is 0.702. The van der Waals surface area contributed by atoms with Crippen molar-refractivity contribution in [1.29, 1.82) is 0 Å². The van der Waals surface area contributed by atoms with E-state index < -0.39 is 0 Å². The Morgan fingerprint density at radius 3 is 2.56 bits per heavy atom. The van der Waals surface area contributed by atoms with Gasteiger partial charge >= 0.3 is 0 Å². The molecule has 16 heavy (non-hydrogen) atoms. The smallest absolute Gasteiger partial charge is 0.142 e. The lowest BCUT2D eigenvalue weighted by Crippen LogP contribution is -2.49. The fourth-order valence-electron chi connectivity index (χ4n) is 1.96. The molecule has 88 valence electrons. The number of anilines is 1. The minimum Gasteiger partial charge on any atom is -0.492 e. The molecular formula is C12H19N3O. The number of hydrogen-bond acceptors (Lipinski definition) is 4. The molecule has 1 fully saturated rings. The molecule has 0 radical (unpaired) electrons. The summed E-state index contributed by atoms with van der Waals surface area (Å²) in [4.78, 5) is 2.33. The molecule has 2 N–H and O–H groups in total. The Hall–Kier alpha value is -1.26. The van der Waals surface area contributed by atoms with Gasteiger partial charge in [-0.05, 0) is 19.1 Å². The second kappa shape index (κ2) is 5.18. The average molecular weight is 221 g/mol. The first-order valence-corrected chi connectivity index (χ1v) is 5.77. The molecule has 4 heteroatoms. The summed E-state index contributed by atoms with van der Waals surface area (Å²) in [5, 5.41) is 1.86. The van der Waals surface area contributed by atoms with Crippen LogP contribution in [-0.2, 0) is 0 Å². The Kier molecular flexibility index (Phi) is 3.64. The van der Waals surface area contributed by atoms with Gasteiger partial charge in [0.15, 0.2) is 0 Å². The second-order valence-electron chi connectivity index (χ2n) is 3.92. The highest BCUT2D eigenvalue weighted by molar-refractivity contribution is 5.58. The lowest BCUT2D eigenvalue weighted by Gasteiger charge is -2.34. The van der Waals surface area contributed by atoms with Crippen LogP contribution < -0.4 is 15.5 Å². The van der Waals surface area contributed by atoms with Crippen LogP contribution in [0.25, 0.3) is 0 Å². The monoisotopic (exact) mass is 221 g/mol. The fraction of sp³-hybridized carbons (Fsp3) is 0.500. The summed E-state index contributed by atoms with van der Waals surface area (Å²) in [6, 6.07) is 8.19. The first kappa shape index (κ1) is 11.2. The van der Waals surface area contributed by atoms with E-state index in [-0.39, 0.29) is 0 Å². The summed E-state index contributed by atoms with van der Waals surface area (Å²) in [5.74, 6) is 6.72. The SMILES string of the molecule is CCOc1ccccc1N1CCN(N)CC1. The third-order valence-electron chi connectivity index (χ3n) is 2.82. The van der Waals surface area contributed by atoms with Crippen LogP contribution in [0.3, 0.4) is 0 Å². The Morgan fingerprint density at radius 1 is 1.19 bits per heavy atom. The first-order valence-electron chi connectivity index (χ1n) is 5.77. The van der Waals surface area contributed by atoms with Crippen molar-refractivity contribution in [3.63, 3.8) is 0 Å². The summed E-state index contributed by atoms with van der Waals surface area (Å²) in [6.07, 6.45) is 0. The van der Waals surface area contributed by atoms with Crippen molar-refractivity contribution in [2.45, 2.75) is 6.92 Å². The van der Waals surface area contributed by atoms with Crippen molar-refractivity contribution in [3.8, 4) is 5.75 Å². The second-order valence-corrected chi connectivity index (χ2v) is 3.92. The number of hydrazine groups is 1. The van der Waals surface area contributed by atoms with Gasteiger partial charge in [-0.25, -0.2) is 5.01 Å². The summed E-state index contributed by atoms with van der Waals surface area (Å²) >= 11 is 0. The van der Waals surface area contributed by atoms with E-state index in [9.17, 15) is 0 Å². The Morgan fingerprint density at radius 2 is 1.88 bits per heavy atom. The molecule has 0 saturated carbocycles. The van der Waals surface area contributed by atoms with Crippen molar-refractivity contribution in [1.82, 2.24) is 5.01 Å². The summed E-state index contributed by atoms with van der Waals surface area (Å²) in [6.45, 7) is 6.44. The van der Waals surface area contributed by atoms with E-state index in [1.54, 1.807) is 0 Å². The molecule has 0 aliphatic carbocycles. The van der Waals surface area contributed by atoms with E-state index in [2.05, 4.69) is 11.0 Å². The number of nitrogens with zero attached hydrogens (tertiary/aromatic N) is 2. The molecule has 0 atom stereocenters. The zero-order valence-corrected chi connectivity index (χ0v) is 9.72. The van der Waals surface area contributed by atoms with Gasteiger partial charge in [-0.15, -0.1) is 0 Å². The predicted octanol–water partition coefficient (Wildman–Crippen LogP) is 1.08. The van der Waals surface area contributed by atoms with Crippen LogP contribution in [0.2, 0.25) is 0 Å². The number of para-hydroxylation sites is 2. The maximum Gasteiger partial charge on any atom is 0.142 e. The molecular weight excluding hydrogens is 202 g/mol. The zero-order valence-electron chi connectivity index (χ0n) is 9.72. The summed E-state index contributed by atoms with van der Waals surface area (Å²) in [5.41, 5.74) is 1.18. The number of nitrogens with two attached hydrogens (primary N) is 1. The van der Waals surface area contributed by atoms with Crippen LogP contribution >= 0.6 is 0 Å². The Bertz CT molecular complexity index is 335. The topological polar surface area (TPSA) is 41.7 Å². The number of piperazine rings is 1. The van der Waals surface area contributed by atoms with Crippen molar-refractivity contribution < 1.29 is 4.74 Å². The molecule has 1 aromatic carbocycles. The van der Waals surface area contributed by atoms with Crippen molar-refractivity contribution in [3.05, 3.63) is 24.3 Å². The van der Waals surface area contributed by atoms with E-state index >= 15 is 0 Å². The molecule has 1 heterocycles. The van der Waals surface area contributed by atoms with Gasteiger partial charge in [0, 0.05) is 26.2 Å². The summed E-state index contributed by atoms with van der Waals surface area (Å²) in [7, 11) is 0. The van der Waals surface area contributed by atoms with Gasteiger partial charge in [-0.1, -0.05) is 12.1 Å². The highest BCUT2D eigenvalue weighted by Crippen LogP contribution is 2.28. The van der Waals surface area contributed by atoms with Gasteiger partial charge in [-0.2, -0.15) is 0 Å². The standard InChI is InChI=1S/C12H19N3O/c1-2-16-12-6-4-3-5-11(12)14-7-9-15(13)10-8-14/h3-6H,2,7-10,13H2,1H3. The number of hydrogen-bond donors (Lipinski definition) is 1. The van der Waals surface area contributed by atoms with E-state index in [0.29, 0.717) is 6.61 Å².